The summed E-state index contributed by atoms with van der Waals surface area (Å²) in [5.74, 6) is 1.64. The van der Waals surface area contributed by atoms with Gasteiger partial charge in [0.15, 0.2) is 11.5 Å². The van der Waals surface area contributed by atoms with Gasteiger partial charge in [0.05, 0.1) is 42.5 Å². The number of aromatic nitrogens is 2. The topological polar surface area (TPSA) is 53.4 Å². The summed E-state index contributed by atoms with van der Waals surface area (Å²) >= 11 is 0. The van der Waals surface area contributed by atoms with Gasteiger partial charge in [0.25, 0.3) is 0 Å². The number of methoxy groups -OCH3 is 2. The molecule has 1 aromatic heterocycles. The molecule has 0 N–H and O–H groups in total. The third kappa shape index (κ3) is 3.58. The second-order valence-corrected chi connectivity index (χ2v) is 7.18. The Morgan fingerprint density at radius 3 is 2.61 bits per heavy atom. The third-order valence-corrected chi connectivity index (χ3v) is 5.60. The van der Waals surface area contributed by atoms with Crippen molar-refractivity contribution in [3.05, 3.63) is 36.2 Å². The molecule has 1 aliphatic rings. The van der Waals surface area contributed by atoms with Crippen molar-refractivity contribution < 1.29 is 13.7 Å². The van der Waals surface area contributed by atoms with Crippen molar-refractivity contribution in [3.63, 3.8) is 0 Å². The molecule has 6 heteroatoms. The highest BCUT2D eigenvalue weighted by atomic mass is 32.2. The van der Waals surface area contributed by atoms with Crippen molar-refractivity contribution in [2.75, 3.05) is 14.2 Å². The third-order valence-electron chi connectivity index (χ3n) is 4.26. The summed E-state index contributed by atoms with van der Waals surface area (Å²) in [7, 11) is 2.01. The number of ether oxygens (including phenoxy) is 2. The molecular formula is C17H22N2O3S. The standard InChI is InChI=1S/C17H22N2O3S/c1-21-16-8-7-15(11-17(16)22-2)23(20)12-13-9-10-19(18-13)14-5-3-4-6-14/h7-11,14H,3-6,12H2,1-2H3/t23-/m1/s1. The zero-order valence-electron chi connectivity index (χ0n) is 13.5. The van der Waals surface area contributed by atoms with Crippen LogP contribution in [0.15, 0.2) is 35.4 Å². The second kappa shape index (κ2) is 7.17. The molecule has 0 aliphatic heterocycles. The summed E-state index contributed by atoms with van der Waals surface area (Å²) in [5.41, 5.74) is 0.866. The normalized spacial score (nSPS) is 16.4. The van der Waals surface area contributed by atoms with Crippen LogP contribution in [-0.2, 0) is 16.6 Å². The first-order valence-corrected chi connectivity index (χ1v) is 9.17. The van der Waals surface area contributed by atoms with Gasteiger partial charge in [-0.15, -0.1) is 0 Å². The quantitative estimate of drug-likeness (QED) is 0.813. The molecule has 0 spiro atoms. The van der Waals surface area contributed by atoms with Crippen LogP contribution in [0.5, 0.6) is 11.5 Å². The predicted molar refractivity (Wildman–Crippen MR) is 89.4 cm³/mol. The van der Waals surface area contributed by atoms with Crippen LogP contribution in [0.1, 0.15) is 37.4 Å². The Bertz CT molecular complexity index is 693. The zero-order valence-corrected chi connectivity index (χ0v) is 14.3. The highest BCUT2D eigenvalue weighted by molar-refractivity contribution is 7.84. The van der Waals surface area contributed by atoms with Crippen LogP contribution in [0.2, 0.25) is 0 Å². The predicted octanol–water partition coefficient (Wildman–Crippen LogP) is 3.32. The number of nitrogens with zero attached hydrogens (tertiary/aromatic N) is 2. The average Bonchev–Trinajstić information content (AvgIpc) is 3.25. The van der Waals surface area contributed by atoms with Crippen LogP contribution in [-0.4, -0.2) is 28.2 Å². The molecule has 1 aromatic carbocycles. The summed E-state index contributed by atoms with van der Waals surface area (Å²) < 4.78 is 25.1. The van der Waals surface area contributed by atoms with Gasteiger partial charge in [-0.3, -0.25) is 8.89 Å². The minimum Gasteiger partial charge on any atom is -0.493 e. The van der Waals surface area contributed by atoms with E-state index >= 15 is 0 Å². The number of rotatable bonds is 6. The first-order chi connectivity index (χ1) is 11.2. The smallest absolute Gasteiger partial charge is 0.161 e. The van der Waals surface area contributed by atoms with E-state index < -0.39 is 10.8 Å². The fraction of sp³-hybridized carbons (Fsp3) is 0.471. The molecule has 1 aliphatic carbocycles. The molecule has 0 amide bonds. The minimum atomic E-state index is -1.16. The molecule has 0 radical (unpaired) electrons. The van der Waals surface area contributed by atoms with E-state index in [4.69, 9.17) is 9.47 Å². The Labute approximate surface area is 139 Å². The number of hydrogen-bond donors (Lipinski definition) is 0. The Hall–Kier alpha value is -1.82. The van der Waals surface area contributed by atoms with Gasteiger partial charge in [-0.25, -0.2) is 0 Å². The van der Waals surface area contributed by atoms with E-state index in [0.29, 0.717) is 23.3 Å². The van der Waals surface area contributed by atoms with Crippen molar-refractivity contribution in [1.82, 2.24) is 9.78 Å². The fourth-order valence-corrected chi connectivity index (χ4v) is 4.05. The van der Waals surface area contributed by atoms with E-state index in [1.54, 1.807) is 26.4 Å². The van der Waals surface area contributed by atoms with Gasteiger partial charge in [0.2, 0.25) is 0 Å². The van der Waals surface area contributed by atoms with E-state index in [1.807, 2.05) is 23.0 Å². The van der Waals surface area contributed by atoms with Crippen LogP contribution < -0.4 is 9.47 Å². The Morgan fingerprint density at radius 1 is 1.17 bits per heavy atom. The molecule has 1 saturated carbocycles. The van der Waals surface area contributed by atoms with Gasteiger partial charge in [0, 0.05) is 17.2 Å². The van der Waals surface area contributed by atoms with Gasteiger partial charge >= 0.3 is 0 Å². The van der Waals surface area contributed by atoms with Gasteiger partial charge in [0.1, 0.15) is 0 Å². The van der Waals surface area contributed by atoms with Crippen LogP contribution in [0, 0.1) is 0 Å². The maximum atomic E-state index is 12.6. The molecule has 0 bridgehead atoms. The molecule has 23 heavy (non-hydrogen) atoms. The van der Waals surface area contributed by atoms with Crippen LogP contribution in [0.3, 0.4) is 0 Å². The van der Waals surface area contributed by atoms with E-state index in [0.717, 1.165) is 10.6 Å². The Morgan fingerprint density at radius 2 is 1.91 bits per heavy atom. The fourth-order valence-electron chi connectivity index (χ4n) is 3.00. The van der Waals surface area contributed by atoms with Crippen molar-refractivity contribution in [2.45, 2.75) is 42.4 Å². The first-order valence-electron chi connectivity index (χ1n) is 7.85. The van der Waals surface area contributed by atoms with E-state index in [2.05, 4.69) is 5.10 Å². The van der Waals surface area contributed by atoms with Crippen molar-refractivity contribution >= 4 is 10.8 Å². The van der Waals surface area contributed by atoms with Crippen LogP contribution >= 0.6 is 0 Å². The molecule has 1 heterocycles. The van der Waals surface area contributed by atoms with E-state index in [-0.39, 0.29) is 0 Å². The van der Waals surface area contributed by atoms with Crippen molar-refractivity contribution in [2.24, 2.45) is 0 Å². The summed E-state index contributed by atoms with van der Waals surface area (Å²) in [6.07, 6.45) is 6.95. The Kier molecular flexibility index (Phi) is 5.00. The summed E-state index contributed by atoms with van der Waals surface area (Å²) in [4.78, 5) is 0.720. The molecular weight excluding hydrogens is 312 g/mol. The maximum Gasteiger partial charge on any atom is 0.161 e. The number of hydrogen-bond acceptors (Lipinski definition) is 4. The first kappa shape index (κ1) is 16.1. The molecule has 1 atom stereocenters. The molecule has 0 unspecified atom stereocenters. The molecule has 124 valence electrons. The lowest BCUT2D eigenvalue weighted by Crippen LogP contribution is -2.06. The van der Waals surface area contributed by atoms with Crippen LogP contribution in [0.25, 0.3) is 0 Å². The highest BCUT2D eigenvalue weighted by Gasteiger charge is 2.18. The number of benzene rings is 1. The van der Waals surface area contributed by atoms with Gasteiger partial charge in [-0.2, -0.15) is 5.10 Å². The summed E-state index contributed by atoms with van der Waals surface area (Å²) in [6.45, 7) is 0. The largest absolute Gasteiger partial charge is 0.493 e. The lowest BCUT2D eigenvalue weighted by molar-refractivity contribution is 0.354. The lowest BCUT2D eigenvalue weighted by Gasteiger charge is -2.10. The highest BCUT2D eigenvalue weighted by Crippen LogP contribution is 2.30. The SMILES string of the molecule is COc1ccc([S@](=O)Cc2ccn(C3CCCC3)n2)cc1OC. The lowest BCUT2D eigenvalue weighted by atomic mass is 10.3. The molecule has 1 fully saturated rings. The van der Waals surface area contributed by atoms with Gasteiger partial charge in [-0.05, 0) is 31.0 Å². The Balaban J connectivity index is 1.71. The van der Waals surface area contributed by atoms with Gasteiger partial charge in [-0.1, -0.05) is 12.8 Å². The maximum absolute atomic E-state index is 12.6. The molecule has 3 rings (SSSR count). The van der Waals surface area contributed by atoms with Crippen molar-refractivity contribution in [1.29, 1.82) is 0 Å². The zero-order chi connectivity index (χ0) is 16.2. The molecule has 5 nitrogen and oxygen atoms in total. The summed E-state index contributed by atoms with van der Waals surface area (Å²) in [5, 5.41) is 4.60. The monoisotopic (exact) mass is 334 g/mol. The summed E-state index contributed by atoms with van der Waals surface area (Å²) in [6, 6.07) is 7.84. The van der Waals surface area contributed by atoms with Crippen molar-refractivity contribution in [3.8, 4) is 11.5 Å². The molecule has 0 saturated heterocycles. The minimum absolute atomic E-state index is 0.412. The second-order valence-electron chi connectivity index (χ2n) is 5.73. The average molecular weight is 334 g/mol. The molecule has 2 aromatic rings. The van der Waals surface area contributed by atoms with E-state index in [9.17, 15) is 4.21 Å². The van der Waals surface area contributed by atoms with Crippen LogP contribution in [0.4, 0.5) is 0 Å². The van der Waals surface area contributed by atoms with Gasteiger partial charge < -0.3 is 9.47 Å². The van der Waals surface area contributed by atoms with E-state index in [1.165, 1.54) is 25.7 Å².